The van der Waals surface area contributed by atoms with Gasteiger partial charge in [-0.25, -0.2) is 0 Å². The number of nitrogens with zero attached hydrogens (tertiary/aromatic N) is 1. The van der Waals surface area contributed by atoms with Gasteiger partial charge in [0.25, 0.3) is 5.91 Å². The lowest BCUT2D eigenvalue weighted by Gasteiger charge is -2.33. The van der Waals surface area contributed by atoms with Crippen LogP contribution in [0.15, 0.2) is 18.2 Å². The van der Waals surface area contributed by atoms with Crippen LogP contribution in [0.4, 0.5) is 0 Å². The fourth-order valence-electron chi connectivity index (χ4n) is 2.95. The van der Waals surface area contributed by atoms with Gasteiger partial charge in [0.05, 0.1) is 5.02 Å². The molecule has 1 aliphatic heterocycles. The number of rotatable bonds is 2. The molecular formula is C16H19Cl3N2OS. The largest absolute Gasteiger partial charge is 0.338 e. The number of fused-ring (bicyclic) bond motifs is 1. The molecule has 1 aromatic carbocycles. The molecule has 2 aromatic rings. The highest BCUT2D eigenvalue weighted by Gasteiger charge is 2.28. The molecule has 1 aromatic heterocycles. The van der Waals surface area contributed by atoms with Gasteiger partial charge >= 0.3 is 0 Å². The lowest BCUT2D eigenvalue weighted by Crippen LogP contribution is -2.42. The molecule has 1 aliphatic rings. The topological polar surface area (TPSA) is 46.3 Å². The summed E-state index contributed by atoms with van der Waals surface area (Å²) < 4.78 is 0.950. The van der Waals surface area contributed by atoms with E-state index in [2.05, 4.69) is 0 Å². The number of nitrogens with two attached hydrogens (primary N) is 1. The fourth-order valence-corrected chi connectivity index (χ4v) is 4.70. The van der Waals surface area contributed by atoms with Gasteiger partial charge in [0.1, 0.15) is 4.88 Å². The highest BCUT2D eigenvalue weighted by atomic mass is 35.5. The van der Waals surface area contributed by atoms with E-state index in [1.807, 2.05) is 24.0 Å². The molecule has 1 unspecified atom stereocenters. The lowest BCUT2D eigenvalue weighted by molar-refractivity contribution is 0.0686. The van der Waals surface area contributed by atoms with E-state index in [4.69, 9.17) is 28.9 Å². The number of halogens is 3. The van der Waals surface area contributed by atoms with Crippen LogP contribution < -0.4 is 5.73 Å². The predicted octanol–water partition coefficient (Wildman–Crippen LogP) is 4.83. The van der Waals surface area contributed by atoms with Crippen molar-refractivity contribution in [1.82, 2.24) is 4.90 Å². The van der Waals surface area contributed by atoms with Crippen LogP contribution in [0.2, 0.25) is 10.0 Å². The van der Waals surface area contributed by atoms with Crippen LogP contribution in [-0.2, 0) is 0 Å². The maximum atomic E-state index is 12.7. The van der Waals surface area contributed by atoms with Crippen molar-refractivity contribution in [3.05, 3.63) is 33.1 Å². The number of hydrogen-bond acceptors (Lipinski definition) is 3. The van der Waals surface area contributed by atoms with Gasteiger partial charge in [0.15, 0.2) is 0 Å². The van der Waals surface area contributed by atoms with Gasteiger partial charge in [0, 0.05) is 34.2 Å². The van der Waals surface area contributed by atoms with E-state index in [0.29, 0.717) is 20.8 Å². The van der Waals surface area contributed by atoms with Crippen LogP contribution >= 0.6 is 46.9 Å². The average molecular weight is 394 g/mol. The number of piperidine rings is 1. The maximum Gasteiger partial charge on any atom is 0.265 e. The molecule has 2 heterocycles. The first kappa shape index (κ1) is 18.8. The van der Waals surface area contributed by atoms with Crippen molar-refractivity contribution in [2.75, 3.05) is 13.1 Å². The molecule has 1 saturated heterocycles. The summed E-state index contributed by atoms with van der Waals surface area (Å²) in [6.07, 6.45) is 1.91. The van der Waals surface area contributed by atoms with Crippen molar-refractivity contribution in [3.8, 4) is 0 Å². The van der Waals surface area contributed by atoms with Crippen molar-refractivity contribution >= 4 is 62.9 Å². The third-order valence-electron chi connectivity index (χ3n) is 4.36. The van der Waals surface area contributed by atoms with Gasteiger partial charge in [-0.3, -0.25) is 4.79 Å². The second kappa shape index (κ2) is 7.58. The van der Waals surface area contributed by atoms with Gasteiger partial charge in [-0.05, 0) is 37.8 Å². The SMILES string of the molecule is CC(N)C1CCN(C(=O)c2sc3cc(Cl)ccc3c2Cl)CC1.Cl. The van der Waals surface area contributed by atoms with Crippen molar-refractivity contribution in [2.24, 2.45) is 11.7 Å². The number of likely N-dealkylation sites (tertiary alicyclic amines) is 1. The van der Waals surface area contributed by atoms with Gasteiger partial charge in [-0.2, -0.15) is 0 Å². The van der Waals surface area contributed by atoms with E-state index < -0.39 is 0 Å². The molecule has 0 radical (unpaired) electrons. The normalized spacial score (nSPS) is 17.1. The zero-order chi connectivity index (χ0) is 15.9. The standard InChI is InChI=1S/C16H18Cl2N2OS.ClH/c1-9(19)10-4-6-20(7-5-10)16(21)15-14(18)12-3-2-11(17)8-13(12)22-15;/h2-3,8-10H,4-7,19H2,1H3;1H. The molecule has 1 atom stereocenters. The Morgan fingerprint density at radius 2 is 2.00 bits per heavy atom. The second-order valence-electron chi connectivity index (χ2n) is 5.87. The highest BCUT2D eigenvalue weighted by Crippen LogP contribution is 2.37. The first-order valence-electron chi connectivity index (χ1n) is 7.39. The summed E-state index contributed by atoms with van der Waals surface area (Å²) in [5.41, 5.74) is 5.95. The second-order valence-corrected chi connectivity index (χ2v) is 7.74. The minimum Gasteiger partial charge on any atom is -0.338 e. The first-order chi connectivity index (χ1) is 10.5. The van der Waals surface area contributed by atoms with E-state index >= 15 is 0 Å². The van der Waals surface area contributed by atoms with Gasteiger partial charge in [-0.15, -0.1) is 23.7 Å². The third-order valence-corrected chi connectivity index (χ3v) is 6.24. The Bertz CT molecular complexity index is 709. The van der Waals surface area contributed by atoms with E-state index in [-0.39, 0.29) is 24.4 Å². The maximum absolute atomic E-state index is 12.7. The number of hydrogen-bond donors (Lipinski definition) is 1. The van der Waals surface area contributed by atoms with Crippen LogP contribution in [0.25, 0.3) is 10.1 Å². The molecule has 3 nitrogen and oxygen atoms in total. The molecule has 0 saturated carbocycles. The Balaban J connectivity index is 0.00000192. The quantitative estimate of drug-likeness (QED) is 0.794. The van der Waals surface area contributed by atoms with Crippen LogP contribution in [0.3, 0.4) is 0 Å². The lowest BCUT2D eigenvalue weighted by atomic mass is 9.91. The van der Waals surface area contributed by atoms with Crippen LogP contribution in [0, 0.1) is 5.92 Å². The minimum absolute atomic E-state index is 0. The van der Waals surface area contributed by atoms with Crippen molar-refractivity contribution < 1.29 is 4.79 Å². The third kappa shape index (κ3) is 3.77. The van der Waals surface area contributed by atoms with Crippen molar-refractivity contribution in [1.29, 1.82) is 0 Å². The minimum atomic E-state index is 0. The average Bonchev–Trinajstić information content (AvgIpc) is 2.83. The Morgan fingerprint density at radius 3 is 2.61 bits per heavy atom. The zero-order valence-electron chi connectivity index (χ0n) is 12.7. The Hall–Kier alpha value is -0.520. The smallest absolute Gasteiger partial charge is 0.265 e. The van der Waals surface area contributed by atoms with E-state index in [9.17, 15) is 4.79 Å². The highest BCUT2D eigenvalue weighted by molar-refractivity contribution is 7.21. The van der Waals surface area contributed by atoms with Gasteiger partial charge < -0.3 is 10.6 Å². The molecule has 1 amide bonds. The van der Waals surface area contributed by atoms with Gasteiger partial charge in [-0.1, -0.05) is 29.3 Å². The summed E-state index contributed by atoms with van der Waals surface area (Å²) in [7, 11) is 0. The van der Waals surface area contributed by atoms with Gasteiger partial charge in [0.2, 0.25) is 0 Å². The van der Waals surface area contributed by atoms with Crippen LogP contribution in [0.5, 0.6) is 0 Å². The Labute approximate surface area is 156 Å². The van der Waals surface area contributed by atoms with Crippen molar-refractivity contribution in [3.63, 3.8) is 0 Å². The van der Waals surface area contributed by atoms with E-state index in [0.717, 1.165) is 36.0 Å². The molecule has 0 bridgehead atoms. The summed E-state index contributed by atoms with van der Waals surface area (Å²) in [6, 6.07) is 5.71. The molecular weight excluding hydrogens is 375 g/mol. The number of benzene rings is 1. The van der Waals surface area contributed by atoms with Crippen molar-refractivity contribution in [2.45, 2.75) is 25.8 Å². The number of thiophene rings is 1. The van der Waals surface area contributed by atoms with E-state index in [1.54, 1.807) is 6.07 Å². The summed E-state index contributed by atoms with van der Waals surface area (Å²) in [5, 5.41) is 2.09. The molecule has 3 rings (SSSR count). The number of carbonyl (C=O) groups is 1. The molecule has 0 aliphatic carbocycles. The Kier molecular flexibility index (Phi) is 6.20. The molecule has 126 valence electrons. The molecule has 0 spiro atoms. The summed E-state index contributed by atoms with van der Waals surface area (Å²) in [5.74, 6) is 0.520. The fraction of sp³-hybridized carbons (Fsp3) is 0.438. The zero-order valence-corrected chi connectivity index (χ0v) is 15.9. The first-order valence-corrected chi connectivity index (χ1v) is 8.97. The predicted molar refractivity (Wildman–Crippen MR) is 101 cm³/mol. The molecule has 2 N–H and O–H groups in total. The molecule has 7 heteroatoms. The summed E-state index contributed by atoms with van der Waals surface area (Å²) >= 11 is 13.8. The molecule has 23 heavy (non-hydrogen) atoms. The summed E-state index contributed by atoms with van der Waals surface area (Å²) in [6.45, 7) is 3.53. The van der Waals surface area contributed by atoms with Crippen LogP contribution in [-0.4, -0.2) is 29.9 Å². The number of amides is 1. The molecule has 1 fully saturated rings. The summed E-state index contributed by atoms with van der Waals surface area (Å²) in [4.78, 5) is 15.2. The number of carbonyl (C=O) groups excluding carboxylic acids is 1. The van der Waals surface area contributed by atoms with E-state index in [1.165, 1.54) is 11.3 Å². The monoisotopic (exact) mass is 392 g/mol. The van der Waals surface area contributed by atoms with Crippen LogP contribution in [0.1, 0.15) is 29.4 Å². The Morgan fingerprint density at radius 1 is 1.35 bits per heavy atom.